The number of sulfonamides is 1. The first-order valence-corrected chi connectivity index (χ1v) is 9.03. The fraction of sp³-hybridized carbons (Fsp3) is 0.533. The molecule has 6 nitrogen and oxygen atoms in total. The number of benzene rings is 1. The van der Waals surface area contributed by atoms with Crippen molar-refractivity contribution >= 4 is 39.7 Å². The van der Waals surface area contributed by atoms with E-state index < -0.39 is 16.1 Å². The van der Waals surface area contributed by atoms with Gasteiger partial charge >= 0.3 is 0 Å². The Morgan fingerprint density at radius 1 is 1.30 bits per heavy atom. The Morgan fingerprint density at radius 2 is 1.91 bits per heavy atom. The maximum Gasteiger partial charge on any atom is 0.241 e. The summed E-state index contributed by atoms with van der Waals surface area (Å²) in [7, 11) is -3.32. The lowest BCUT2D eigenvalue weighted by atomic mass is 9.99. The van der Waals surface area contributed by atoms with Crippen molar-refractivity contribution in [3.63, 3.8) is 0 Å². The van der Waals surface area contributed by atoms with Crippen molar-refractivity contribution in [2.24, 2.45) is 11.7 Å². The number of rotatable bonds is 7. The van der Waals surface area contributed by atoms with Crippen LogP contribution >= 0.6 is 12.4 Å². The van der Waals surface area contributed by atoms with Gasteiger partial charge in [-0.3, -0.25) is 9.52 Å². The van der Waals surface area contributed by atoms with Crippen molar-refractivity contribution in [3.05, 3.63) is 23.8 Å². The molecule has 0 aliphatic carbocycles. The van der Waals surface area contributed by atoms with E-state index in [-0.39, 0.29) is 30.0 Å². The molecule has 1 amide bonds. The quantitative estimate of drug-likeness (QED) is 0.692. The van der Waals surface area contributed by atoms with Gasteiger partial charge in [-0.2, -0.15) is 0 Å². The van der Waals surface area contributed by atoms with E-state index in [1.807, 2.05) is 13.8 Å². The van der Waals surface area contributed by atoms with E-state index in [4.69, 9.17) is 5.73 Å². The first-order chi connectivity index (χ1) is 10.2. The molecule has 1 aromatic rings. The van der Waals surface area contributed by atoms with Crippen molar-refractivity contribution in [3.8, 4) is 0 Å². The second kappa shape index (κ2) is 9.10. The Hall–Kier alpha value is -1.31. The normalized spacial score (nSPS) is 13.6. The van der Waals surface area contributed by atoms with Gasteiger partial charge in [0, 0.05) is 5.69 Å². The van der Waals surface area contributed by atoms with Gasteiger partial charge < -0.3 is 11.1 Å². The fourth-order valence-corrected chi connectivity index (χ4v) is 2.54. The predicted octanol–water partition coefficient (Wildman–Crippen LogP) is 2.49. The lowest BCUT2D eigenvalue weighted by Gasteiger charge is -2.18. The Bertz CT molecular complexity index is 635. The molecule has 0 radical (unpaired) electrons. The van der Waals surface area contributed by atoms with Gasteiger partial charge in [-0.1, -0.05) is 20.3 Å². The van der Waals surface area contributed by atoms with Crippen molar-refractivity contribution in [1.82, 2.24) is 0 Å². The highest BCUT2D eigenvalue weighted by molar-refractivity contribution is 7.92. The smallest absolute Gasteiger partial charge is 0.241 e. The Balaban J connectivity index is 0.00000484. The summed E-state index contributed by atoms with van der Waals surface area (Å²) in [4.78, 5) is 12.0. The predicted molar refractivity (Wildman–Crippen MR) is 97.6 cm³/mol. The van der Waals surface area contributed by atoms with E-state index in [1.54, 1.807) is 32.0 Å². The molecule has 0 aliphatic rings. The number of hydrogen-bond donors (Lipinski definition) is 3. The van der Waals surface area contributed by atoms with Crippen LogP contribution in [0.5, 0.6) is 0 Å². The van der Waals surface area contributed by atoms with Gasteiger partial charge in [0.25, 0.3) is 0 Å². The lowest BCUT2D eigenvalue weighted by Crippen LogP contribution is -2.40. The van der Waals surface area contributed by atoms with Crippen LogP contribution in [-0.4, -0.2) is 26.1 Å². The summed E-state index contributed by atoms with van der Waals surface area (Å²) in [6.45, 7) is 7.26. The third-order valence-corrected chi connectivity index (χ3v) is 4.99. The van der Waals surface area contributed by atoms with Gasteiger partial charge in [0.2, 0.25) is 15.9 Å². The molecule has 8 heteroatoms. The fourth-order valence-electron chi connectivity index (χ4n) is 1.83. The van der Waals surface area contributed by atoms with Crippen LogP contribution in [-0.2, 0) is 14.8 Å². The summed E-state index contributed by atoms with van der Waals surface area (Å²) in [6, 6.07) is 4.44. The third kappa shape index (κ3) is 6.37. The Kier molecular flexibility index (Phi) is 8.58. The summed E-state index contributed by atoms with van der Waals surface area (Å²) in [5.74, 6) is -0.137. The van der Waals surface area contributed by atoms with Crippen LogP contribution in [0.25, 0.3) is 0 Å². The molecule has 0 heterocycles. The molecule has 2 atom stereocenters. The number of aryl methyl sites for hydroxylation is 1. The van der Waals surface area contributed by atoms with Crippen molar-refractivity contribution < 1.29 is 13.2 Å². The van der Waals surface area contributed by atoms with Crippen LogP contribution in [0.2, 0.25) is 0 Å². The zero-order valence-corrected chi connectivity index (χ0v) is 15.6. The number of nitrogens with two attached hydrogens (primary N) is 1. The highest BCUT2D eigenvalue weighted by Gasteiger charge is 2.19. The molecule has 0 aromatic heterocycles. The number of carbonyl (C=O) groups is 1. The zero-order chi connectivity index (χ0) is 16.9. The van der Waals surface area contributed by atoms with Crippen molar-refractivity contribution in [2.45, 2.75) is 40.2 Å². The number of halogens is 1. The van der Waals surface area contributed by atoms with Gasteiger partial charge in [-0.05, 0) is 43.5 Å². The minimum atomic E-state index is -3.32. The van der Waals surface area contributed by atoms with Crippen LogP contribution in [0.15, 0.2) is 18.2 Å². The van der Waals surface area contributed by atoms with Crippen LogP contribution < -0.4 is 15.8 Å². The molecule has 0 aliphatic heterocycles. The van der Waals surface area contributed by atoms with Crippen molar-refractivity contribution in [2.75, 3.05) is 15.8 Å². The van der Waals surface area contributed by atoms with E-state index in [1.165, 1.54) is 0 Å². The second-order valence-corrected chi connectivity index (χ2v) is 7.45. The van der Waals surface area contributed by atoms with E-state index in [2.05, 4.69) is 10.0 Å². The average molecular weight is 364 g/mol. The Labute approximate surface area is 144 Å². The molecular weight excluding hydrogens is 338 g/mol. The number of anilines is 2. The highest BCUT2D eigenvalue weighted by Crippen LogP contribution is 2.21. The molecule has 1 aromatic carbocycles. The summed E-state index contributed by atoms with van der Waals surface area (Å²) >= 11 is 0. The average Bonchev–Trinajstić information content (AvgIpc) is 2.48. The van der Waals surface area contributed by atoms with Gasteiger partial charge in [-0.25, -0.2) is 8.42 Å². The maximum atomic E-state index is 12.0. The summed E-state index contributed by atoms with van der Waals surface area (Å²) in [6.07, 6.45) is 0.825. The number of nitrogens with one attached hydrogen (secondary N) is 2. The molecule has 1 rings (SSSR count). The molecule has 4 N–H and O–H groups in total. The molecule has 0 spiro atoms. The Morgan fingerprint density at radius 3 is 2.39 bits per heavy atom. The number of carbonyl (C=O) groups excluding carboxylic acids is 1. The van der Waals surface area contributed by atoms with Crippen LogP contribution in [0.1, 0.15) is 32.8 Å². The summed E-state index contributed by atoms with van der Waals surface area (Å²) in [5.41, 5.74) is 7.72. The minimum absolute atomic E-state index is 0. The zero-order valence-electron chi connectivity index (χ0n) is 13.9. The molecule has 0 bridgehead atoms. The highest BCUT2D eigenvalue weighted by atomic mass is 35.5. The van der Waals surface area contributed by atoms with E-state index in [0.717, 1.165) is 12.0 Å². The molecule has 2 unspecified atom stereocenters. The van der Waals surface area contributed by atoms with E-state index in [9.17, 15) is 13.2 Å². The first-order valence-electron chi connectivity index (χ1n) is 7.37. The topological polar surface area (TPSA) is 101 Å². The number of hydrogen-bond acceptors (Lipinski definition) is 4. The molecule has 0 saturated heterocycles. The van der Waals surface area contributed by atoms with Crippen LogP contribution in [0.4, 0.5) is 11.4 Å². The van der Waals surface area contributed by atoms with Gasteiger partial charge in [0.15, 0.2) is 0 Å². The second-order valence-electron chi connectivity index (χ2n) is 5.44. The van der Waals surface area contributed by atoms with Crippen LogP contribution in [0, 0.1) is 12.8 Å². The molecular formula is C15H26ClN3O3S. The SMILES string of the molecule is CCC(C)C(N)C(=O)Nc1ccc(NS(=O)(=O)CC)c(C)c1.Cl. The van der Waals surface area contributed by atoms with Crippen LogP contribution in [0.3, 0.4) is 0 Å². The van der Waals surface area contributed by atoms with Gasteiger partial charge in [0.1, 0.15) is 0 Å². The lowest BCUT2D eigenvalue weighted by molar-refractivity contribution is -0.118. The standard InChI is InChI=1S/C15H25N3O3S.ClH/c1-5-10(3)14(16)15(19)17-12-7-8-13(11(4)9-12)18-22(20,21)6-2;/h7-10,14,18H,5-6,16H2,1-4H3,(H,17,19);1H. The maximum absolute atomic E-state index is 12.0. The summed E-state index contributed by atoms with van der Waals surface area (Å²) < 4.78 is 25.7. The molecule has 132 valence electrons. The molecule has 23 heavy (non-hydrogen) atoms. The van der Waals surface area contributed by atoms with E-state index >= 15 is 0 Å². The molecule has 0 saturated carbocycles. The first kappa shape index (κ1) is 21.7. The van der Waals surface area contributed by atoms with Gasteiger partial charge in [-0.15, -0.1) is 12.4 Å². The monoisotopic (exact) mass is 363 g/mol. The molecule has 0 fully saturated rings. The third-order valence-electron chi connectivity index (χ3n) is 3.70. The minimum Gasteiger partial charge on any atom is -0.325 e. The van der Waals surface area contributed by atoms with E-state index in [0.29, 0.717) is 11.4 Å². The largest absolute Gasteiger partial charge is 0.325 e. The van der Waals surface area contributed by atoms with Crippen molar-refractivity contribution in [1.29, 1.82) is 0 Å². The van der Waals surface area contributed by atoms with Gasteiger partial charge in [0.05, 0.1) is 17.5 Å². The summed E-state index contributed by atoms with van der Waals surface area (Å²) in [5, 5.41) is 2.76. The number of amides is 1.